The third kappa shape index (κ3) is 3.32. The van der Waals surface area contributed by atoms with Gasteiger partial charge in [0.25, 0.3) is 0 Å². The molecule has 0 saturated heterocycles. The molecule has 0 saturated carbocycles. The molecule has 6 heteroatoms. The minimum atomic E-state index is -1.35. The lowest BCUT2D eigenvalue weighted by molar-refractivity contribution is 0.145. The van der Waals surface area contributed by atoms with Crippen LogP contribution in [0.1, 0.15) is 5.56 Å². The fourth-order valence-electron chi connectivity index (χ4n) is 2.45. The molecule has 0 aliphatic carbocycles. The van der Waals surface area contributed by atoms with Gasteiger partial charge in [-0.25, -0.2) is 9.78 Å². The van der Waals surface area contributed by atoms with Crippen LogP contribution in [0, 0.1) is 0 Å². The maximum atomic E-state index is 10.8. The van der Waals surface area contributed by atoms with Crippen molar-refractivity contribution in [3.63, 3.8) is 0 Å². The van der Waals surface area contributed by atoms with Crippen LogP contribution in [0.25, 0.3) is 22.4 Å². The van der Waals surface area contributed by atoms with E-state index in [2.05, 4.69) is 27.0 Å². The average Bonchev–Trinajstić information content (AvgIpc) is 2.92. The first-order valence-corrected chi connectivity index (χ1v) is 7.16. The first kappa shape index (κ1) is 15.1. The lowest BCUT2D eigenvalue weighted by Crippen LogP contribution is -2.10. The van der Waals surface area contributed by atoms with E-state index in [-0.39, 0.29) is 5.75 Å². The van der Waals surface area contributed by atoms with Gasteiger partial charge in [0, 0.05) is 12.1 Å². The third-order valence-corrected chi connectivity index (χ3v) is 3.40. The molecule has 2 aromatic carbocycles. The molecule has 3 rings (SSSR count). The fraction of sp³-hybridized carbons (Fsp3) is 0.176. The fourth-order valence-corrected chi connectivity index (χ4v) is 2.45. The number of nitrogens with zero attached hydrogens (tertiary/aromatic N) is 2. The van der Waals surface area contributed by atoms with Gasteiger partial charge in [-0.3, -0.25) is 0 Å². The number of hydrogen-bond donors (Lipinski definition) is 2. The molecule has 1 aromatic heterocycles. The second-order valence-electron chi connectivity index (χ2n) is 5.54. The van der Waals surface area contributed by atoms with Crippen LogP contribution in [0.15, 0.2) is 42.5 Å². The Bertz CT molecular complexity index is 838. The van der Waals surface area contributed by atoms with E-state index in [1.54, 1.807) is 12.1 Å². The first-order valence-electron chi connectivity index (χ1n) is 7.16. The smallest absolute Gasteiger partial charge is 0.449 e. The summed E-state index contributed by atoms with van der Waals surface area (Å²) in [6.07, 6.45) is -1.35. The molecule has 2 N–H and O–H groups in total. The van der Waals surface area contributed by atoms with Crippen LogP contribution in [-0.4, -0.2) is 40.2 Å². The van der Waals surface area contributed by atoms with Gasteiger partial charge in [0.1, 0.15) is 11.3 Å². The summed E-state index contributed by atoms with van der Waals surface area (Å²) in [4.78, 5) is 20.5. The summed E-state index contributed by atoms with van der Waals surface area (Å²) in [5.41, 5.74) is 3.38. The molecular formula is C17H17N3O3. The number of nitrogens with one attached hydrogen (secondary N) is 1. The van der Waals surface area contributed by atoms with Crippen LogP contribution in [0.4, 0.5) is 4.79 Å². The molecule has 0 aliphatic heterocycles. The Hall–Kier alpha value is -2.86. The molecule has 1 heterocycles. The lowest BCUT2D eigenvalue weighted by Gasteiger charge is -2.09. The molecule has 0 radical (unpaired) electrons. The molecule has 0 aliphatic rings. The maximum Gasteiger partial charge on any atom is 0.511 e. The predicted molar refractivity (Wildman–Crippen MR) is 87.6 cm³/mol. The topological polar surface area (TPSA) is 78.5 Å². The highest BCUT2D eigenvalue weighted by atomic mass is 16.7. The zero-order chi connectivity index (χ0) is 16.4. The Morgan fingerprint density at radius 1 is 1.22 bits per heavy atom. The molecule has 0 spiro atoms. The Morgan fingerprint density at radius 3 is 2.61 bits per heavy atom. The van der Waals surface area contributed by atoms with Gasteiger partial charge in [-0.05, 0) is 31.8 Å². The van der Waals surface area contributed by atoms with E-state index < -0.39 is 6.16 Å². The summed E-state index contributed by atoms with van der Waals surface area (Å²) in [5.74, 6) is 0.902. The highest BCUT2D eigenvalue weighted by Crippen LogP contribution is 2.27. The van der Waals surface area contributed by atoms with E-state index in [1.807, 2.05) is 32.3 Å². The van der Waals surface area contributed by atoms with Crippen LogP contribution in [0.3, 0.4) is 0 Å². The molecule has 0 fully saturated rings. The van der Waals surface area contributed by atoms with Crippen LogP contribution in [-0.2, 0) is 6.54 Å². The SMILES string of the molecule is CN(C)Cc1ccc(-c2nc3c(OC(=O)O)cccc3[nH]2)cc1. The molecular weight excluding hydrogens is 294 g/mol. The minimum absolute atomic E-state index is 0.224. The molecule has 0 bridgehead atoms. The van der Waals surface area contributed by atoms with Crippen molar-refractivity contribution in [2.75, 3.05) is 14.1 Å². The number of fused-ring (bicyclic) bond motifs is 1. The standard InChI is InChI=1S/C17H17N3O3/c1-20(2)10-11-6-8-12(9-7-11)16-18-13-4-3-5-14(15(13)19-16)23-17(21)22/h3-9H,10H2,1-2H3,(H,18,19)(H,21,22). The van der Waals surface area contributed by atoms with E-state index in [9.17, 15) is 4.79 Å². The molecule has 118 valence electrons. The maximum absolute atomic E-state index is 10.8. The van der Waals surface area contributed by atoms with E-state index >= 15 is 0 Å². The van der Waals surface area contributed by atoms with Gasteiger partial charge in [0.05, 0.1) is 5.52 Å². The van der Waals surface area contributed by atoms with Gasteiger partial charge in [0.15, 0.2) is 5.75 Å². The van der Waals surface area contributed by atoms with Gasteiger partial charge in [-0.15, -0.1) is 0 Å². The highest BCUT2D eigenvalue weighted by Gasteiger charge is 2.12. The number of carboxylic acid groups (broad SMARTS) is 1. The summed E-state index contributed by atoms with van der Waals surface area (Å²) >= 11 is 0. The van der Waals surface area contributed by atoms with Gasteiger partial charge >= 0.3 is 6.16 Å². The second kappa shape index (κ2) is 6.10. The number of imidazole rings is 1. The van der Waals surface area contributed by atoms with Crippen molar-refractivity contribution in [2.45, 2.75) is 6.54 Å². The Morgan fingerprint density at radius 2 is 1.96 bits per heavy atom. The number of benzene rings is 2. The Labute approximate surface area is 133 Å². The summed E-state index contributed by atoms with van der Waals surface area (Å²) in [7, 11) is 4.05. The average molecular weight is 311 g/mol. The Balaban J connectivity index is 1.95. The molecule has 23 heavy (non-hydrogen) atoms. The van der Waals surface area contributed by atoms with Crippen LogP contribution >= 0.6 is 0 Å². The molecule has 0 atom stereocenters. The number of aromatic amines is 1. The monoisotopic (exact) mass is 311 g/mol. The molecule has 0 amide bonds. The van der Waals surface area contributed by atoms with E-state index in [1.165, 1.54) is 5.56 Å². The van der Waals surface area contributed by atoms with Crippen molar-refractivity contribution in [1.82, 2.24) is 14.9 Å². The van der Waals surface area contributed by atoms with Crippen molar-refractivity contribution in [3.8, 4) is 17.1 Å². The number of carbonyl (C=O) groups is 1. The number of H-pyrrole nitrogens is 1. The second-order valence-corrected chi connectivity index (χ2v) is 5.54. The van der Waals surface area contributed by atoms with Crippen molar-refractivity contribution >= 4 is 17.2 Å². The number of para-hydroxylation sites is 1. The summed E-state index contributed by atoms with van der Waals surface area (Å²) in [5, 5.41) is 8.79. The van der Waals surface area contributed by atoms with Crippen molar-refractivity contribution in [2.24, 2.45) is 0 Å². The predicted octanol–water partition coefficient (Wildman–Crippen LogP) is 3.35. The van der Waals surface area contributed by atoms with Gasteiger partial charge in [-0.2, -0.15) is 0 Å². The zero-order valence-electron chi connectivity index (χ0n) is 12.9. The number of aromatic nitrogens is 2. The van der Waals surface area contributed by atoms with Gasteiger partial charge in [-0.1, -0.05) is 30.3 Å². The number of ether oxygens (including phenoxy) is 1. The minimum Gasteiger partial charge on any atom is -0.449 e. The summed E-state index contributed by atoms with van der Waals surface area (Å²) in [6.45, 7) is 0.872. The van der Waals surface area contributed by atoms with Crippen molar-refractivity contribution in [3.05, 3.63) is 48.0 Å². The number of hydrogen-bond acceptors (Lipinski definition) is 4. The Kier molecular flexibility index (Phi) is 3.99. The molecule has 0 unspecified atom stereocenters. The van der Waals surface area contributed by atoms with Crippen LogP contribution < -0.4 is 4.74 Å². The summed E-state index contributed by atoms with van der Waals surface area (Å²) < 4.78 is 4.77. The van der Waals surface area contributed by atoms with Crippen LogP contribution in [0.2, 0.25) is 0 Å². The van der Waals surface area contributed by atoms with Crippen LogP contribution in [0.5, 0.6) is 5.75 Å². The van der Waals surface area contributed by atoms with E-state index in [0.717, 1.165) is 17.6 Å². The summed E-state index contributed by atoms with van der Waals surface area (Å²) in [6, 6.07) is 13.2. The lowest BCUT2D eigenvalue weighted by atomic mass is 10.1. The zero-order valence-corrected chi connectivity index (χ0v) is 12.9. The highest BCUT2D eigenvalue weighted by molar-refractivity contribution is 5.86. The van der Waals surface area contributed by atoms with E-state index in [0.29, 0.717) is 11.3 Å². The normalized spacial score (nSPS) is 11.1. The molecule has 3 aromatic rings. The van der Waals surface area contributed by atoms with Gasteiger partial charge < -0.3 is 19.7 Å². The van der Waals surface area contributed by atoms with E-state index in [4.69, 9.17) is 9.84 Å². The van der Waals surface area contributed by atoms with Crippen molar-refractivity contribution < 1.29 is 14.6 Å². The van der Waals surface area contributed by atoms with Gasteiger partial charge in [0.2, 0.25) is 0 Å². The largest absolute Gasteiger partial charge is 0.511 e. The quantitative estimate of drug-likeness (QED) is 0.570. The third-order valence-electron chi connectivity index (χ3n) is 3.40. The molecule has 6 nitrogen and oxygen atoms in total. The first-order chi connectivity index (χ1) is 11.0. The van der Waals surface area contributed by atoms with Crippen molar-refractivity contribution in [1.29, 1.82) is 0 Å². The number of rotatable bonds is 4.